The van der Waals surface area contributed by atoms with E-state index in [0.717, 1.165) is 31.5 Å². The van der Waals surface area contributed by atoms with E-state index >= 15 is 0 Å². The summed E-state index contributed by atoms with van der Waals surface area (Å²) in [7, 11) is 0. The second-order valence-corrected chi connectivity index (χ2v) is 6.99. The van der Waals surface area contributed by atoms with E-state index in [9.17, 15) is 9.59 Å². The highest BCUT2D eigenvalue weighted by molar-refractivity contribution is 5.95. The highest BCUT2D eigenvalue weighted by Gasteiger charge is 2.42. The van der Waals surface area contributed by atoms with Crippen LogP contribution in [0.4, 0.5) is 0 Å². The lowest BCUT2D eigenvalue weighted by Gasteiger charge is -2.44. The largest absolute Gasteiger partial charge is 0.459 e. The molecule has 0 aliphatic carbocycles. The third-order valence-electron chi connectivity index (χ3n) is 5.40. The van der Waals surface area contributed by atoms with Crippen molar-refractivity contribution in [2.75, 3.05) is 19.6 Å². The lowest BCUT2D eigenvalue weighted by molar-refractivity contribution is -0.134. The van der Waals surface area contributed by atoms with Gasteiger partial charge in [-0.2, -0.15) is 0 Å². The molecule has 2 aromatic heterocycles. The van der Waals surface area contributed by atoms with Gasteiger partial charge in [0.2, 0.25) is 5.91 Å². The van der Waals surface area contributed by atoms with E-state index in [4.69, 9.17) is 4.42 Å². The van der Waals surface area contributed by atoms with Gasteiger partial charge in [-0.3, -0.25) is 9.59 Å². The van der Waals surface area contributed by atoms with Crippen molar-refractivity contribution in [3.05, 3.63) is 41.9 Å². The van der Waals surface area contributed by atoms with Crippen molar-refractivity contribution in [2.45, 2.75) is 37.8 Å². The highest BCUT2D eigenvalue weighted by Crippen LogP contribution is 2.35. The number of hydrogen-bond donors (Lipinski definition) is 3. The number of carbonyl (C=O) groups is 2. The molecule has 3 N–H and O–H groups in total. The van der Waals surface area contributed by atoms with Crippen LogP contribution in [0.1, 0.15) is 41.7 Å². The van der Waals surface area contributed by atoms with E-state index in [2.05, 4.69) is 20.6 Å². The molecule has 1 saturated heterocycles. The van der Waals surface area contributed by atoms with Gasteiger partial charge in [-0.1, -0.05) is 0 Å². The van der Waals surface area contributed by atoms with E-state index in [-0.39, 0.29) is 23.1 Å². The molecule has 2 amide bonds. The number of nitrogens with zero attached hydrogens (tertiary/aromatic N) is 2. The number of fused-ring (bicyclic) bond motifs is 2. The van der Waals surface area contributed by atoms with Gasteiger partial charge < -0.3 is 24.9 Å². The average Bonchev–Trinajstić information content (AvgIpc) is 3.34. The monoisotopic (exact) mass is 357 g/mol. The number of rotatable bonds is 3. The summed E-state index contributed by atoms with van der Waals surface area (Å²) in [4.78, 5) is 34.3. The minimum Gasteiger partial charge on any atom is -0.459 e. The topological polar surface area (TPSA) is 103 Å². The molecule has 8 nitrogen and oxygen atoms in total. The molecule has 4 rings (SSSR count). The number of imidazole rings is 1. The van der Waals surface area contributed by atoms with Gasteiger partial charge >= 0.3 is 0 Å². The first-order chi connectivity index (χ1) is 12.6. The van der Waals surface area contributed by atoms with Crippen molar-refractivity contribution >= 4 is 11.8 Å². The zero-order valence-corrected chi connectivity index (χ0v) is 14.7. The first kappa shape index (κ1) is 16.8. The van der Waals surface area contributed by atoms with Crippen molar-refractivity contribution < 1.29 is 14.0 Å². The third-order valence-corrected chi connectivity index (χ3v) is 5.40. The fourth-order valence-electron chi connectivity index (χ4n) is 3.97. The Morgan fingerprint density at radius 1 is 1.38 bits per heavy atom. The van der Waals surface area contributed by atoms with Crippen molar-refractivity contribution in [1.29, 1.82) is 0 Å². The second-order valence-electron chi connectivity index (χ2n) is 6.99. The van der Waals surface area contributed by atoms with E-state index in [1.165, 1.54) is 12.0 Å². The van der Waals surface area contributed by atoms with Crippen molar-refractivity contribution in [3.8, 4) is 0 Å². The third kappa shape index (κ3) is 2.90. The molecule has 0 saturated carbocycles. The maximum atomic E-state index is 12.7. The lowest BCUT2D eigenvalue weighted by Crippen LogP contribution is -2.57. The summed E-state index contributed by atoms with van der Waals surface area (Å²) in [6, 6.07) is 2.63. The highest BCUT2D eigenvalue weighted by atomic mass is 16.3. The summed E-state index contributed by atoms with van der Waals surface area (Å²) < 4.78 is 5.07. The minimum absolute atomic E-state index is 0.0715. The number of aromatic nitrogens is 2. The molecule has 2 aromatic rings. The smallest absolute Gasteiger partial charge is 0.287 e. The first-order valence-electron chi connectivity index (χ1n) is 9.00. The van der Waals surface area contributed by atoms with E-state index in [1.807, 2.05) is 4.90 Å². The number of H-pyrrole nitrogens is 1. The van der Waals surface area contributed by atoms with Crippen LogP contribution in [0, 0.1) is 0 Å². The molecule has 0 bridgehead atoms. The van der Waals surface area contributed by atoms with Crippen LogP contribution in [0.5, 0.6) is 0 Å². The summed E-state index contributed by atoms with van der Waals surface area (Å²) in [6.45, 7) is 3.90. The Bertz CT molecular complexity index is 790. The van der Waals surface area contributed by atoms with Crippen LogP contribution in [0.3, 0.4) is 0 Å². The molecule has 1 atom stereocenters. The summed E-state index contributed by atoms with van der Waals surface area (Å²) in [6.07, 6.45) is 5.77. The predicted molar refractivity (Wildman–Crippen MR) is 93.4 cm³/mol. The average molecular weight is 357 g/mol. The summed E-state index contributed by atoms with van der Waals surface area (Å²) in [5, 5.41) is 6.32. The molecule has 4 heterocycles. The van der Waals surface area contributed by atoms with Gasteiger partial charge in [-0.05, 0) is 31.9 Å². The fourth-order valence-corrected chi connectivity index (χ4v) is 3.97. The number of furan rings is 1. The molecule has 1 fully saturated rings. The number of carbonyl (C=O) groups excluding carboxylic acids is 2. The Labute approximate surface area is 151 Å². The van der Waals surface area contributed by atoms with E-state index < -0.39 is 6.04 Å². The second kappa shape index (κ2) is 6.60. The van der Waals surface area contributed by atoms with Crippen molar-refractivity contribution in [3.63, 3.8) is 0 Å². The van der Waals surface area contributed by atoms with Crippen LogP contribution >= 0.6 is 0 Å². The zero-order valence-electron chi connectivity index (χ0n) is 14.7. The number of amides is 2. The van der Waals surface area contributed by atoms with Gasteiger partial charge in [-0.15, -0.1) is 0 Å². The Balaban J connectivity index is 1.38. The summed E-state index contributed by atoms with van der Waals surface area (Å²) in [5.74, 6) is -0.239. The van der Waals surface area contributed by atoms with E-state index in [1.54, 1.807) is 25.4 Å². The molecule has 0 radical (unpaired) electrons. The molecule has 2 aliphatic heterocycles. The van der Waals surface area contributed by atoms with Crippen LogP contribution in [-0.4, -0.2) is 52.4 Å². The molecule has 138 valence electrons. The first-order valence-corrected chi connectivity index (χ1v) is 9.00. The zero-order chi connectivity index (χ0) is 18.1. The van der Waals surface area contributed by atoms with Crippen molar-refractivity contribution in [1.82, 2.24) is 25.5 Å². The van der Waals surface area contributed by atoms with Crippen molar-refractivity contribution in [2.24, 2.45) is 0 Å². The SMILES string of the molecule is CC(NC(=O)c1ccco1)C(=O)N1CCC2(CC1)NCCc1[nH]cnc12. The standard InChI is InChI=1S/C18H23N5O3/c1-12(22-16(24)14-3-2-10-26-14)17(25)23-8-5-18(6-9-23)15-13(4-7-21-18)19-11-20-15/h2-3,10-12,21H,4-9H2,1H3,(H,19,20)(H,22,24). The molecule has 0 aromatic carbocycles. The number of nitrogens with one attached hydrogen (secondary N) is 3. The molecular weight excluding hydrogens is 334 g/mol. The molecule has 2 aliphatic rings. The minimum atomic E-state index is -0.595. The maximum absolute atomic E-state index is 12.7. The lowest BCUT2D eigenvalue weighted by atomic mass is 9.80. The van der Waals surface area contributed by atoms with Crippen LogP contribution < -0.4 is 10.6 Å². The normalized spacial score (nSPS) is 19.8. The predicted octanol–water partition coefficient (Wildman–Crippen LogP) is 0.785. The van der Waals surface area contributed by atoms with Gasteiger partial charge in [0.05, 0.1) is 23.8 Å². The van der Waals surface area contributed by atoms with E-state index in [0.29, 0.717) is 13.1 Å². The molecular formula is C18H23N5O3. The number of likely N-dealkylation sites (tertiary alicyclic amines) is 1. The molecule has 26 heavy (non-hydrogen) atoms. The van der Waals surface area contributed by atoms with Gasteiger partial charge in [-0.25, -0.2) is 4.98 Å². The summed E-state index contributed by atoms with van der Waals surface area (Å²) >= 11 is 0. The Kier molecular flexibility index (Phi) is 4.28. The summed E-state index contributed by atoms with van der Waals surface area (Å²) in [5.41, 5.74) is 2.14. The quantitative estimate of drug-likeness (QED) is 0.753. The van der Waals surface area contributed by atoms with Gasteiger partial charge in [0, 0.05) is 31.7 Å². The van der Waals surface area contributed by atoms with Crippen LogP contribution in [-0.2, 0) is 16.8 Å². The van der Waals surface area contributed by atoms with Gasteiger partial charge in [0.1, 0.15) is 6.04 Å². The van der Waals surface area contributed by atoms with Gasteiger partial charge in [0.25, 0.3) is 5.91 Å². The fraction of sp³-hybridized carbons (Fsp3) is 0.500. The maximum Gasteiger partial charge on any atom is 0.287 e. The number of aromatic amines is 1. The number of piperidine rings is 1. The Morgan fingerprint density at radius 2 is 2.19 bits per heavy atom. The van der Waals surface area contributed by atoms with Crippen LogP contribution in [0.2, 0.25) is 0 Å². The van der Waals surface area contributed by atoms with Crippen LogP contribution in [0.25, 0.3) is 0 Å². The Hall–Kier alpha value is -2.61. The molecule has 8 heteroatoms. The Morgan fingerprint density at radius 3 is 2.92 bits per heavy atom. The number of hydrogen-bond acceptors (Lipinski definition) is 5. The van der Waals surface area contributed by atoms with Gasteiger partial charge in [0.15, 0.2) is 5.76 Å². The molecule has 1 unspecified atom stereocenters. The van der Waals surface area contributed by atoms with Crippen LogP contribution in [0.15, 0.2) is 29.1 Å². The molecule has 1 spiro atoms.